The zero-order valence-corrected chi connectivity index (χ0v) is 12.1. The minimum atomic E-state index is -2.95. The predicted octanol–water partition coefficient (Wildman–Crippen LogP) is 2.22. The Morgan fingerprint density at radius 2 is 1.69 bits per heavy atom. The first-order chi connectivity index (χ1) is 7.35. The van der Waals surface area contributed by atoms with Crippen molar-refractivity contribution in [2.24, 2.45) is 5.92 Å². The predicted molar refractivity (Wildman–Crippen MR) is 70.5 cm³/mol. The number of hydrogen-bond donors (Lipinski definition) is 1. The molecule has 2 atom stereocenters. The Balaban J connectivity index is 4.54. The Kier molecular flexibility index (Phi) is 7.24. The molecule has 0 spiro atoms. The fourth-order valence-corrected chi connectivity index (χ4v) is 2.81. The van der Waals surface area contributed by atoms with Crippen molar-refractivity contribution in [2.45, 2.75) is 58.8 Å². The Bertz CT molecular complexity index is 273. The van der Waals surface area contributed by atoms with Crippen LogP contribution in [-0.2, 0) is 9.84 Å². The third-order valence-corrected chi connectivity index (χ3v) is 5.38. The van der Waals surface area contributed by atoms with Crippen LogP contribution in [0.3, 0.4) is 0 Å². The van der Waals surface area contributed by atoms with Gasteiger partial charge in [-0.2, -0.15) is 0 Å². The van der Waals surface area contributed by atoms with E-state index in [1.165, 1.54) is 0 Å². The van der Waals surface area contributed by atoms with Crippen LogP contribution in [0.1, 0.15) is 47.5 Å². The highest BCUT2D eigenvalue weighted by Gasteiger charge is 2.25. The van der Waals surface area contributed by atoms with Gasteiger partial charge in [0, 0.05) is 6.04 Å². The standard InChI is InChI=1S/C12H27NO2S/c1-6-8-13-12(11(5)7-2)9-16(14,15)10(3)4/h10-13H,6-9H2,1-5H3. The van der Waals surface area contributed by atoms with Gasteiger partial charge in [0.15, 0.2) is 9.84 Å². The monoisotopic (exact) mass is 249 g/mol. The SMILES string of the molecule is CCCNC(CS(=O)(=O)C(C)C)C(C)CC. The topological polar surface area (TPSA) is 46.2 Å². The van der Waals surface area contributed by atoms with Gasteiger partial charge in [0.1, 0.15) is 0 Å². The van der Waals surface area contributed by atoms with Crippen molar-refractivity contribution < 1.29 is 8.42 Å². The molecule has 0 aromatic rings. The maximum Gasteiger partial charge on any atom is 0.154 e. The van der Waals surface area contributed by atoms with E-state index < -0.39 is 9.84 Å². The van der Waals surface area contributed by atoms with Gasteiger partial charge < -0.3 is 5.32 Å². The van der Waals surface area contributed by atoms with Gasteiger partial charge in [-0.05, 0) is 32.7 Å². The molecule has 0 aliphatic carbocycles. The van der Waals surface area contributed by atoms with Gasteiger partial charge in [-0.1, -0.05) is 27.2 Å². The van der Waals surface area contributed by atoms with Gasteiger partial charge in [-0.3, -0.25) is 0 Å². The lowest BCUT2D eigenvalue weighted by Gasteiger charge is -2.25. The van der Waals surface area contributed by atoms with Crippen LogP contribution in [0.4, 0.5) is 0 Å². The van der Waals surface area contributed by atoms with E-state index in [-0.39, 0.29) is 17.0 Å². The summed E-state index contributed by atoms with van der Waals surface area (Å²) in [4.78, 5) is 0. The molecule has 0 rings (SSSR count). The molecular weight excluding hydrogens is 222 g/mol. The van der Waals surface area contributed by atoms with Crippen molar-refractivity contribution in [3.05, 3.63) is 0 Å². The van der Waals surface area contributed by atoms with Crippen LogP contribution in [0.25, 0.3) is 0 Å². The Labute approximate surface area is 101 Å². The minimum absolute atomic E-state index is 0.0948. The van der Waals surface area contributed by atoms with E-state index in [1.54, 1.807) is 13.8 Å². The van der Waals surface area contributed by atoms with Crippen LogP contribution in [0.5, 0.6) is 0 Å². The highest BCUT2D eigenvalue weighted by atomic mass is 32.2. The summed E-state index contributed by atoms with van der Waals surface area (Å²) in [5, 5.41) is 3.08. The molecule has 0 aromatic carbocycles. The first-order valence-electron chi connectivity index (χ1n) is 6.30. The second-order valence-electron chi connectivity index (χ2n) is 4.82. The zero-order valence-electron chi connectivity index (χ0n) is 11.3. The van der Waals surface area contributed by atoms with Crippen LogP contribution in [0.15, 0.2) is 0 Å². The fraction of sp³-hybridized carbons (Fsp3) is 1.00. The lowest BCUT2D eigenvalue weighted by Crippen LogP contribution is -2.42. The van der Waals surface area contributed by atoms with Crippen molar-refractivity contribution in [1.29, 1.82) is 0 Å². The molecule has 4 heteroatoms. The molecule has 0 aromatic heterocycles. The second kappa shape index (κ2) is 7.28. The van der Waals surface area contributed by atoms with Gasteiger partial charge in [0.2, 0.25) is 0 Å². The molecule has 0 amide bonds. The number of rotatable bonds is 8. The maximum atomic E-state index is 11.9. The van der Waals surface area contributed by atoms with Crippen molar-refractivity contribution >= 4 is 9.84 Å². The van der Waals surface area contributed by atoms with Gasteiger partial charge in [-0.15, -0.1) is 0 Å². The van der Waals surface area contributed by atoms with E-state index in [0.29, 0.717) is 5.92 Å². The summed E-state index contributed by atoms with van der Waals surface area (Å²) < 4.78 is 23.8. The molecule has 16 heavy (non-hydrogen) atoms. The number of sulfone groups is 1. The lowest BCUT2D eigenvalue weighted by atomic mass is 10.0. The van der Waals surface area contributed by atoms with E-state index in [4.69, 9.17) is 0 Å². The summed E-state index contributed by atoms with van der Waals surface area (Å²) in [6, 6.07) is 0.0948. The third-order valence-electron chi connectivity index (χ3n) is 3.12. The van der Waals surface area contributed by atoms with E-state index >= 15 is 0 Å². The van der Waals surface area contributed by atoms with Crippen molar-refractivity contribution in [3.8, 4) is 0 Å². The molecule has 0 heterocycles. The first-order valence-corrected chi connectivity index (χ1v) is 8.01. The van der Waals surface area contributed by atoms with Crippen LogP contribution in [0, 0.1) is 5.92 Å². The van der Waals surface area contributed by atoms with Gasteiger partial charge in [0.25, 0.3) is 0 Å². The average Bonchev–Trinajstić information content (AvgIpc) is 2.22. The molecule has 2 unspecified atom stereocenters. The average molecular weight is 249 g/mol. The number of hydrogen-bond acceptors (Lipinski definition) is 3. The third kappa shape index (κ3) is 5.30. The van der Waals surface area contributed by atoms with Crippen LogP contribution < -0.4 is 5.32 Å². The van der Waals surface area contributed by atoms with Gasteiger partial charge >= 0.3 is 0 Å². The Morgan fingerprint density at radius 3 is 2.06 bits per heavy atom. The quantitative estimate of drug-likeness (QED) is 0.717. The summed E-state index contributed by atoms with van der Waals surface area (Å²) in [6.07, 6.45) is 2.05. The van der Waals surface area contributed by atoms with E-state index in [1.807, 2.05) is 0 Å². The van der Waals surface area contributed by atoms with Crippen LogP contribution >= 0.6 is 0 Å². The van der Waals surface area contributed by atoms with E-state index in [9.17, 15) is 8.42 Å². The lowest BCUT2D eigenvalue weighted by molar-refractivity contribution is 0.390. The van der Waals surface area contributed by atoms with Gasteiger partial charge in [0.05, 0.1) is 11.0 Å². The fourth-order valence-electron chi connectivity index (χ4n) is 1.48. The van der Waals surface area contributed by atoms with E-state index in [0.717, 1.165) is 19.4 Å². The Morgan fingerprint density at radius 1 is 1.12 bits per heavy atom. The second-order valence-corrected chi connectivity index (χ2v) is 7.43. The molecule has 0 saturated heterocycles. The molecule has 0 bridgehead atoms. The first kappa shape index (κ1) is 15.9. The molecule has 1 N–H and O–H groups in total. The van der Waals surface area contributed by atoms with Crippen LogP contribution in [-0.4, -0.2) is 32.0 Å². The van der Waals surface area contributed by atoms with Crippen molar-refractivity contribution in [1.82, 2.24) is 5.32 Å². The number of nitrogens with one attached hydrogen (secondary N) is 1. The highest BCUT2D eigenvalue weighted by molar-refractivity contribution is 7.92. The summed E-state index contributed by atoms with van der Waals surface area (Å²) in [5.74, 6) is 0.666. The molecule has 98 valence electrons. The summed E-state index contributed by atoms with van der Waals surface area (Å²) >= 11 is 0. The molecule has 0 aliphatic heterocycles. The normalized spacial score (nSPS) is 16.4. The minimum Gasteiger partial charge on any atom is -0.313 e. The molecule has 3 nitrogen and oxygen atoms in total. The Hall–Kier alpha value is -0.0900. The maximum absolute atomic E-state index is 11.9. The van der Waals surface area contributed by atoms with E-state index in [2.05, 4.69) is 26.1 Å². The van der Waals surface area contributed by atoms with Gasteiger partial charge in [-0.25, -0.2) is 8.42 Å². The summed E-state index contributed by atoms with van der Waals surface area (Å²) in [7, 11) is -2.95. The molecule has 0 saturated carbocycles. The largest absolute Gasteiger partial charge is 0.313 e. The van der Waals surface area contributed by atoms with Crippen molar-refractivity contribution in [2.75, 3.05) is 12.3 Å². The highest BCUT2D eigenvalue weighted by Crippen LogP contribution is 2.13. The summed E-state index contributed by atoms with van der Waals surface area (Å²) in [5.41, 5.74) is 0. The molecule has 0 fully saturated rings. The summed E-state index contributed by atoms with van der Waals surface area (Å²) in [6.45, 7) is 10.7. The molecule has 0 radical (unpaired) electrons. The smallest absolute Gasteiger partial charge is 0.154 e. The molecular formula is C12H27NO2S. The molecule has 0 aliphatic rings. The van der Waals surface area contributed by atoms with Crippen molar-refractivity contribution in [3.63, 3.8) is 0 Å². The zero-order chi connectivity index (χ0) is 12.8. The van der Waals surface area contributed by atoms with Crippen LogP contribution in [0.2, 0.25) is 0 Å².